The molecule has 2 N–H and O–H groups in total. The molecule has 0 saturated carbocycles. The Kier molecular flexibility index (Phi) is 2.63. The zero-order valence-corrected chi connectivity index (χ0v) is 9.94. The van der Waals surface area contributed by atoms with Gasteiger partial charge in [-0.05, 0) is 24.3 Å². The predicted molar refractivity (Wildman–Crippen MR) is 65.0 cm³/mol. The van der Waals surface area contributed by atoms with Crippen molar-refractivity contribution in [3.05, 3.63) is 46.2 Å². The lowest BCUT2D eigenvalue weighted by Gasteiger charge is -2.04. The van der Waals surface area contributed by atoms with E-state index in [9.17, 15) is 0 Å². The lowest BCUT2D eigenvalue weighted by Crippen LogP contribution is -2.04. The lowest BCUT2D eigenvalue weighted by molar-refractivity contribution is 0.130. The Morgan fingerprint density at radius 2 is 2.06 bits per heavy atom. The van der Waals surface area contributed by atoms with E-state index in [1.54, 1.807) is 0 Å². The maximum Gasteiger partial charge on any atom is 0.0897 e. The van der Waals surface area contributed by atoms with Gasteiger partial charge in [0.2, 0.25) is 0 Å². The van der Waals surface area contributed by atoms with Crippen LogP contribution in [0, 0.1) is 0 Å². The number of hydrogen-bond acceptors (Lipinski definition) is 3. The van der Waals surface area contributed by atoms with E-state index in [1.165, 1.54) is 0 Å². The van der Waals surface area contributed by atoms with Crippen molar-refractivity contribution in [2.24, 2.45) is 5.73 Å². The Labute approximate surface area is 104 Å². The third-order valence-corrected chi connectivity index (χ3v) is 3.17. The van der Waals surface area contributed by atoms with Gasteiger partial charge >= 0.3 is 0 Å². The van der Waals surface area contributed by atoms with Crippen molar-refractivity contribution < 1.29 is 4.74 Å². The molecule has 0 bridgehead atoms. The summed E-state index contributed by atoms with van der Waals surface area (Å²) in [6, 6.07) is 7.58. The smallest absolute Gasteiger partial charge is 0.0897 e. The van der Waals surface area contributed by atoms with Gasteiger partial charge in [0.25, 0.3) is 0 Å². The Bertz CT molecular complexity index is 548. The number of ether oxygens (including phenoxy) is 1. The molecule has 0 atom stereocenters. The largest absolute Gasteiger partial charge is 0.370 e. The van der Waals surface area contributed by atoms with Crippen LogP contribution in [0.15, 0.2) is 24.3 Å². The number of nitrogens with zero attached hydrogens (tertiary/aromatic N) is 2. The molecular formula is C12H12ClN3O. The van der Waals surface area contributed by atoms with E-state index in [0.29, 0.717) is 24.8 Å². The second kappa shape index (κ2) is 4.14. The van der Waals surface area contributed by atoms with Gasteiger partial charge in [-0.2, -0.15) is 5.10 Å². The molecule has 3 rings (SSSR count). The first-order chi connectivity index (χ1) is 8.29. The Morgan fingerprint density at radius 1 is 1.29 bits per heavy atom. The molecule has 0 unspecified atom stereocenters. The van der Waals surface area contributed by atoms with Crippen LogP contribution in [-0.4, -0.2) is 9.78 Å². The molecule has 0 aliphatic carbocycles. The average molecular weight is 250 g/mol. The number of halogens is 1. The third kappa shape index (κ3) is 1.74. The SMILES string of the molecule is NCc1nn(-c2ccc(Cl)cc2)c2c1COC2. The van der Waals surface area contributed by atoms with E-state index in [0.717, 1.165) is 22.6 Å². The van der Waals surface area contributed by atoms with Gasteiger partial charge in [-0.3, -0.25) is 0 Å². The zero-order chi connectivity index (χ0) is 11.8. The summed E-state index contributed by atoms with van der Waals surface area (Å²) in [5, 5.41) is 5.23. The standard InChI is InChI=1S/C12H12ClN3O/c13-8-1-3-9(4-2-8)16-12-7-17-6-10(12)11(5-14)15-16/h1-4H,5-7,14H2. The Balaban J connectivity index is 2.12. The summed E-state index contributed by atoms with van der Waals surface area (Å²) in [5.41, 5.74) is 9.80. The first-order valence-electron chi connectivity index (χ1n) is 5.43. The fourth-order valence-electron chi connectivity index (χ4n) is 2.06. The van der Waals surface area contributed by atoms with Crippen LogP contribution in [0.2, 0.25) is 5.02 Å². The van der Waals surface area contributed by atoms with Crippen LogP contribution in [-0.2, 0) is 24.5 Å². The number of nitrogens with two attached hydrogens (primary N) is 1. The van der Waals surface area contributed by atoms with Crippen molar-refractivity contribution in [1.29, 1.82) is 0 Å². The number of rotatable bonds is 2. The van der Waals surface area contributed by atoms with Crippen molar-refractivity contribution in [1.82, 2.24) is 9.78 Å². The van der Waals surface area contributed by atoms with Gasteiger partial charge in [0.1, 0.15) is 0 Å². The van der Waals surface area contributed by atoms with Crippen LogP contribution in [0.4, 0.5) is 0 Å². The summed E-state index contributed by atoms with van der Waals surface area (Å²) in [6.45, 7) is 1.63. The third-order valence-electron chi connectivity index (χ3n) is 2.92. The zero-order valence-electron chi connectivity index (χ0n) is 9.19. The van der Waals surface area contributed by atoms with Crippen LogP contribution < -0.4 is 5.73 Å². The second-order valence-corrected chi connectivity index (χ2v) is 4.39. The van der Waals surface area contributed by atoms with Crippen molar-refractivity contribution >= 4 is 11.6 Å². The van der Waals surface area contributed by atoms with Crippen molar-refractivity contribution in [3.8, 4) is 5.69 Å². The predicted octanol–water partition coefficient (Wildman–Crippen LogP) is 2.01. The molecular weight excluding hydrogens is 238 g/mol. The van der Waals surface area contributed by atoms with E-state index in [2.05, 4.69) is 5.10 Å². The molecule has 88 valence electrons. The molecule has 1 aliphatic heterocycles. The van der Waals surface area contributed by atoms with Crippen molar-refractivity contribution in [2.75, 3.05) is 0 Å². The normalized spacial score (nSPS) is 14.0. The Hall–Kier alpha value is -1.36. The van der Waals surface area contributed by atoms with Crippen molar-refractivity contribution in [2.45, 2.75) is 19.8 Å². The van der Waals surface area contributed by atoms with Crippen LogP contribution in [0.25, 0.3) is 5.69 Å². The quantitative estimate of drug-likeness (QED) is 0.886. The van der Waals surface area contributed by atoms with Crippen LogP contribution >= 0.6 is 11.6 Å². The first-order valence-corrected chi connectivity index (χ1v) is 5.81. The van der Waals surface area contributed by atoms with Gasteiger partial charge in [-0.15, -0.1) is 0 Å². The van der Waals surface area contributed by atoms with Crippen LogP contribution in [0.5, 0.6) is 0 Å². The fraction of sp³-hybridized carbons (Fsp3) is 0.250. The minimum atomic E-state index is 0.437. The van der Waals surface area contributed by atoms with E-state index >= 15 is 0 Å². The molecule has 0 radical (unpaired) electrons. The molecule has 4 nitrogen and oxygen atoms in total. The van der Waals surface area contributed by atoms with E-state index in [1.807, 2.05) is 28.9 Å². The molecule has 1 aromatic carbocycles. The molecule has 0 amide bonds. The minimum absolute atomic E-state index is 0.437. The summed E-state index contributed by atoms with van der Waals surface area (Å²) in [7, 11) is 0. The molecule has 5 heteroatoms. The topological polar surface area (TPSA) is 53.1 Å². The number of aromatic nitrogens is 2. The molecule has 2 aromatic rings. The monoisotopic (exact) mass is 249 g/mol. The maximum atomic E-state index is 5.87. The van der Waals surface area contributed by atoms with Gasteiger partial charge in [-0.25, -0.2) is 4.68 Å². The summed E-state index contributed by atoms with van der Waals surface area (Å²) >= 11 is 5.87. The molecule has 1 aromatic heterocycles. The molecule has 0 spiro atoms. The summed E-state index contributed by atoms with van der Waals surface area (Å²) in [4.78, 5) is 0. The number of fused-ring (bicyclic) bond motifs is 1. The van der Waals surface area contributed by atoms with Gasteiger partial charge < -0.3 is 10.5 Å². The highest BCUT2D eigenvalue weighted by Gasteiger charge is 2.22. The molecule has 0 saturated heterocycles. The summed E-state index contributed by atoms with van der Waals surface area (Å²) in [5.74, 6) is 0. The highest BCUT2D eigenvalue weighted by molar-refractivity contribution is 6.30. The molecule has 0 fully saturated rings. The van der Waals surface area contributed by atoms with E-state index in [4.69, 9.17) is 22.1 Å². The maximum absolute atomic E-state index is 5.87. The van der Waals surface area contributed by atoms with E-state index < -0.39 is 0 Å². The molecule has 1 aliphatic rings. The molecule has 17 heavy (non-hydrogen) atoms. The summed E-state index contributed by atoms with van der Waals surface area (Å²) < 4.78 is 7.33. The Morgan fingerprint density at radius 3 is 2.76 bits per heavy atom. The van der Waals surface area contributed by atoms with Gasteiger partial charge in [0.15, 0.2) is 0 Å². The van der Waals surface area contributed by atoms with Gasteiger partial charge in [0.05, 0.1) is 30.3 Å². The highest BCUT2D eigenvalue weighted by Crippen LogP contribution is 2.26. The average Bonchev–Trinajstić information content (AvgIpc) is 2.91. The number of hydrogen-bond donors (Lipinski definition) is 1. The first kappa shape index (κ1) is 10.8. The summed E-state index contributed by atoms with van der Waals surface area (Å²) in [6.07, 6.45) is 0. The van der Waals surface area contributed by atoms with Gasteiger partial charge in [-0.1, -0.05) is 11.6 Å². The minimum Gasteiger partial charge on any atom is -0.370 e. The van der Waals surface area contributed by atoms with Crippen molar-refractivity contribution in [3.63, 3.8) is 0 Å². The van der Waals surface area contributed by atoms with Crippen LogP contribution in [0.1, 0.15) is 17.0 Å². The molecule has 2 heterocycles. The lowest BCUT2D eigenvalue weighted by atomic mass is 10.2. The fourth-order valence-corrected chi connectivity index (χ4v) is 2.19. The number of benzene rings is 1. The highest BCUT2D eigenvalue weighted by atomic mass is 35.5. The second-order valence-electron chi connectivity index (χ2n) is 3.96. The van der Waals surface area contributed by atoms with Crippen LogP contribution in [0.3, 0.4) is 0 Å². The van der Waals surface area contributed by atoms with Gasteiger partial charge in [0, 0.05) is 17.1 Å². The van der Waals surface area contributed by atoms with E-state index in [-0.39, 0.29) is 0 Å².